The van der Waals surface area contributed by atoms with Crippen molar-refractivity contribution >= 4 is 11.9 Å². The van der Waals surface area contributed by atoms with Gasteiger partial charge in [-0.2, -0.15) is 0 Å². The number of carbonyl (C=O) groups excluding carboxylic acids is 2. The molecule has 3 amide bonds. The number of hydrogen-bond donors (Lipinski definition) is 3. The number of amides is 3. The van der Waals surface area contributed by atoms with Crippen molar-refractivity contribution in [1.29, 1.82) is 0 Å². The summed E-state index contributed by atoms with van der Waals surface area (Å²) in [6.45, 7) is 6.35. The number of aryl methyl sites for hydroxylation is 2. The Kier molecular flexibility index (Phi) is 5.58. The van der Waals surface area contributed by atoms with Crippen LogP contribution in [0.15, 0.2) is 42.5 Å². The fourth-order valence-corrected chi connectivity index (χ4v) is 2.61. The molecule has 0 heterocycles. The predicted molar refractivity (Wildman–Crippen MR) is 94.7 cm³/mol. The minimum atomic E-state index is -0.482. The molecule has 0 aromatic heterocycles. The molecule has 24 heavy (non-hydrogen) atoms. The summed E-state index contributed by atoms with van der Waals surface area (Å²) in [5.74, 6) is -0.482. The maximum atomic E-state index is 12.1. The Morgan fingerprint density at radius 2 is 1.75 bits per heavy atom. The van der Waals surface area contributed by atoms with Crippen LogP contribution in [0.1, 0.15) is 45.6 Å². The van der Waals surface area contributed by atoms with Crippen molar-refractivity contribution in [1.82, 2.24) is 10.6 Å². The number of hydrogen-bond acceptors (Lipinski definition) is 2. The van der Waals surface area contributed by atoms with E-state index in [-0.39, 0.29) is 12.1 Å². The quantitative estimate of drug-likeness (QED) is 0.789. The van der Waals surface area contributed by atoms with Gasteiger partial charge in [0.1, 0.15) is 0 Å². The first-order chi connectivity index (χ1) is 11.3. The summed E-state index contributed by atoms with van der Waals surface area (Å²) in [5, 5.41) is 5.71. The van der Waals surface area contributed by atoms with E-state index in [1.54, 1.807) is 18.2 Å². The van der Waals surface area contributed by atoms with Gasteiger partial charge in [-0.05, 0) is 44.0 Å². The summed E-state index contributed by atoms with van der Waals surface area (Å²) in [5.41, 5.74) is 9.91. The van der Waals surface area contributed by atoms with Crippen LogP contribution in [-0.2, 0) is 6.54 Å². The Labute approximate surface area is 142 Å². The maximum absolute atomic E-state index is 12.1. The minimum Gasteiger partial charge on any atom is -0.366 e. The van der Waals surface area contributed by atoms with Crippen molar-refractivity contribution in [2.24, 2.45) is 5.73 Å². The second kappa shape index (κ2) is 7.64. The second-order valence-corrected chi connectivity index (χ2v) is 6.03. The topological polar surface area (TPSA) is 84.2 Å². The van der Waals surface area contributed by atoms with Gasteiger partial charge in [0, 0.05) is 12.1 Å². The predicted octanol–water partition coefficient (Wildman–Crippen LogP) is 2.96. The van der Waals surface area contributed by atoms with Gasteiger partial charge in [-0.3, -0.25) is 4.79 Å². The summed E-state index contributed by atoms with van der Waals surface area (Å²) in [7, 11) is 0. The van der Waals surface area contributed by atoms with Gasteiger partial charge in [-0.1, -0.05) is 41.5 Å². The molecule has 5 heteroatoms. The van der Waals surface area contributed by atoms with Gasteiger partial charge in [0.15, 0.2) is 0 Å². The lowest BCUT2D eigenvalue weighted by Crippen LogP contribution is -2.36. The maximum Gasteiger partial charge on any atom is 0.315 e. The summed E-state index contributed by atoms with van der Waals surface area (Å²) in [4.78, 5) is 23.2. The number of primary amides is 1. The van der Waals surface area contributed by atoms with E-state index in [0.717, 1.165) is 11.1 Å². The smallest absolute Gasteiger partial charge is 0.315 e. The van der Waals surface area contributed by atoms with E-state index in [0.29, 0.717) is 12.1 Å². The highest BCUT2D eigenvalue weighted by atomic mass is 16.2. The zero-order valence-electron chi connectivity index (χ0n) is 14.2. The number of nitrogens with one attached hydrogen (secondary N) is 2. The molecule has 0 saturated heterocycles. The van der Waals surface area contributed by atoms with Crippen LogP contribution >= 0.6 is 0 Å². The zero-order valence-corrected chi connectivity index (χ0v) is 14.2. The van der Waals surface area contributed by atoms with E-state index in [1.807, 2.05) is 26.8 Å². The molecule has 5 nitrogen and oxygen atoms in total. The van der Waals surface area contributed by atoms with Gasteiger partial charge in [-0.15, -0.1) is 0 Å². The summed E-state index contributed by atoms with van der Waals surface area (Å²) >= 11 is 0. The number of nitrogens with two attached hydrogens (primary N) is 1. The van der Waals surface area contributed by atoms with Gasteiger partial charge in [0.25, 0.3) is 0 Å². The molecule has 4 N–H and O–H groups in total. The first kappa shape index (κ1) is 17.5. The van der Waals surface area contributed by atoms with E-state index in [1.165, 1.54) is 11.1 Å². The largest absolute Gasteiger partial charge is 0.366 e. The Morgan fingerprint density at radius 1 is 1.08 bits per heavy atom. The Bertz CT molecular complexity index is 736. The monoisotopic (exact) mass is 325 g/mol. The van der Waals surface area contributed by atoms with Crippen LogP contribution in [0.25, 0.3) is 0 Å². The average Bonchev–Trinajstić information content (AvgIpc) is 2.52. The lowest BCUT2D eigenvalue weighted by Gasteiger charge is -2.16. The first-order valence-corrected chi connectivity index (χ1v) is 7.86. The normalized spacial score (nSPS) is 11.6. The third-order valence-corrected chi connectivity index (χ3v) is 3.76. The lowest BCUT2D eigenvalue weighted by molar-refractivity contribution is 0.1000. The zero-order chi connectivity index (χ0) is 17.7. The number of urea groups is 1. The lowest BCUT2D eigenvalue weighted by atomic mass is 10.0. The van der Waals surface area contributed by atoms with Crippen molar-refractivity contribution in [3.8, 4) is 0 Å². The molecule has 0 bridgehead atoms. The number of rotatable bonds is 5. The molecule has 0 unspecified atom stereocenters. The first-order valence-electron chi connectivity index (χ1n) is 7.86. The van der Waals surface area contributed by atoms with Crippen molar-refractivity contribution in [2.75, 3.05) is 0 Å². The molecule has 0 aliphatic rings. The van der Waals surface area contributed by atoms with Crippen LogP contribution < -0.4 is 16.4 Å². The highest BCUT2D eigenvalue weighted by molar-refractivity contribution is 5.92. The van der Waals surface area contributed by atoms with Gasteiger partial charge >= 0.3 is 6.03 Å². The molecule has 0 fully saturated rings. The molecule has 0 aliphatic heterocycles. The van der Waals surface area contributed by atoms with Gasteiger partial charge < -0.3 is 16.4 Å². The minimum absolute atomic E-state index is 0.0967. The number of carbonyl (C=O) groups is 2. The van der Waals surface area contributed by atoms with Crippen molar-refractivity contribution < 1.29 is 9.59 Å². The Balaban J connectivity index is 1.93. The molecule has 2 aromatic carbocycles. The van der Waals surface area contributed by atoms with Crippen LogP contribution in [0, 0.1) is 13.8 Å². The van der Waals surface area contributed by atoms with Crippen LogP contribution in [0.3, 0.4) is 0 Å². The molecular formula is C19H23N3O2. The van der Waals surface area contributed by atoms with Crippen molar-refractivity contribution in [3.63, 3.8) is 0 Å². The fraction of sp³-hybridized carbons (Fsp3) is 0.263. The van der Waals surface area contributed by atoms with E-state index in [4.69, 9.17) is 5.73 Å². The van der Waals surface area contributed by atoms with E-state index < -0.39 is 5.91 Å². The molecule has 126 valence electrons. The summed E-state index contributed by atoms with van der Waals surface area (Å²) in [6.07, 6.45) is 0. The molecule has 0 radical (unpaired) electrons. The summed E-state index contributed by atoms with van der Waals surface area (Å²) < 4.78 is 0. The van der Waals surface area contributed by atoms with Crippen LogP contribution in [0.4, 0.5) is 4.79 Å². The third-order valence-electron chi connectivity index (χ3n) is 3.76. The van der Waals surface area contributed by atoms with E-state index >= 15 is 0 Å². The molecule has 2 aromatic rings. The van der Waals surface area contributed by atoms with Crippen molar-refractivity contribution in [2.45, 2.75) is 33.4 Å². The molecule has 1 atom stereocenters. The molecule has 0 saturated carbocycles. The third kappa shape index (κ3) is 4.84. The molecule has 0 aliphatic carbocycles. The Morgan fingerprint density at radius 3 is 2.38 bits per heavy atom. The molecule has 2 rings (SSSR count). The SMILES string of the molecule is Cc1cc(C)cc([C@@H](C)NC(=O)NCc2cccc(C(N)=O)c2)c1. The van der Waals surface area contributed by atoms with Gasteiger partial charge in [0.05, 0.1) is 6.04 Å². The fourth-order valence-electron chi connectivity index (χ4n) is 2.61. The summed E-state index contributed by atoms with van der Waals surface area (Å²) in [6, 6.07) is 12.8. The highest BCUT2D eigenvalue weighted by Gasteiger charge is 2.10. The van der Waals surface area contributed by atoms with Gasteiger partial charge in [0.2, 0.25) is 5.91 Å². The molecule has 0 spiro atoms. The average molecular weight is 325 g/mol. The van der Waals surface area contributed by atoms with Crippen molar-refractivity contribution in [3.05, 3.63) is 70.3 Å². The Hall–Kier alpha value is -2.82. The van der Waals surface area contributed by atoms with E-state index in [9.17, 15) is 9.59 Å². The number of benzene rings is 2. The second-order valence-electron chi connectivity index (χ2n) is 6.03. The van der Waals surface area contributed by atoms with Crippen LogP contribution in [0.5, 0.6) is 0 Å². The molecular weight excluding hydrogens is 302 g/mol. The van der Waals surface area contributed by atoms with Crippen LogP contribution in [-0.4, -0.2) is 11.9 Å². The van der Waals surface area contributed by atoms with Crippen LogP contribution in [0.2, 0.25) is 0 Å². The van der Waals surface area contributed by atoms with E-state index in [2.05, 4.69) is 28.8 Å². The van der Waals surface area contributed by atoms with Gasteiger partial charge in [-0.25, -0.2) is 4.79 Å². The standard InChI is InChI=1S/C19H23N3O2/c1-12-7-13(2)9-17(8-12)14(3)22-19(24)21-11-15-5-4-6-16(10-15)18(20)23/h4-10,14H,11H2,1-3H3,(H2,20,23)(H2,21,22,24)/t14-/m1/s1. The highest BCUT2D eigenvalue weighted by Crippen LogP contribution is 2.16.